The number of aromatic nitrogens is 2. The molecule has 29 heavy (non-hydrogen) atoms. The number of aryl methyl sites for hydroxylation is 1. The van der Waals surface area contributed by atoms with Crippen LogP contribution in [0, 0.1) is 0 Å². The summed E-state index contributed by atoms with van der Waals surface area (Å²) in [5.74, 6) is 0.391. The van der Waals surface area contributed by atoms with Gasteiger partial charge in [0.2, 0.25) is 0 Å². The van der Waals surface area contributed by atoms with Gasteiger partial charge in [-0.2, -0.15) is 18.3 Å². The van der Waals surface area contributed by atoms with Crippen molar-refractivity contribution < 1.29 is 18.0 Å². The summed E-state index contributed by atoms with van der Waals surface area (Å²) >= 11 is 7.35. The maximum atomic E-state index is 13.4. The van der Waals surface area contributed by atoms with Crippen LogP contribution in [-0.2, 0) is 30.4 Å². The highest BCUT2D eigenvalue weighted by Crippen LogP contribution is 2.36. The molecule has 0 atom stereocenters. The number of nitrogens with zero attached hydrogens (tertiary/aromatic N) is 3. The smallest absolute Gasteiger partial charge is 0.391 e. The number of benzene rings is 2. The first-order valence-electron chi connectivity index (χ1n) is 8.56. The molecule has 0 fully saturated rings. The van der Waals surface area contributed by atoms with Gasteiger partial charge in [-0.05, 0) is 17.2 Å². The van der Waals surface area contributed by atoms with Crippen LogP contribution in [0.2, 0.25) is 5.02 Å². The van der Waals surface area contributed by atoms with Crippen molar-refractivity contribution in [1.29, 1.82) is 0 Å². The fraction of sp³-hybridized carbons (Fsp3) is 0.200. The van der Waals surface area contributed by atoms with Crippen molar-refractivity contribution in [3.8, 4) is 0 Å². The summed E-state index contributed by atoms with van der Waals surface area (Å²) in [6, 6.07) is 16.4. The lowest BCUT2D eigenvalue weighted by Crippen LogP contribution is -2.09. The summed E-state index contributed by atoms with van der Waals surface area (Å²) in [6.45, 7) is 0.154. The molecule has 0 aliphatic heterocycles. The van der Waals surface area contributed by atoms with Crippen LogP contribution < -0.4 is 0 Å². The molecule has 0 saturated heterocycles. The van der Waals surface area contributed by atoms with E-state index in [2.05, 4.69) is 10.3 Å². The SMILES string of the molecule is Cn1nc(C(F)(F)F)c(/C=N/OCc2ccccc2)c1SCc1ccccc1Cl. The van der Waals surface area contributed by atoms with E-state index in [-0.39, 0.29) is 12.2 Å². The predicted octanol–water partition coefficient (Wildman–Crippen LogP) is 5.94. The van der Waals surface area contributed by atoms with Gasteiger partial charge in [0.05, 0.1) is 11.8 Å². The zero-order valence-electron chi connectivity index (χ0n) is 15.4. The summed E-state index contributed by atoms with van der Waals surface area (Å²) in [4.78, 5) is 5.17. The third kappa shape index (κ3) is 5.55. The van der Waals surface area contributed by atoms with E-state index >= 15 is 0 Å². The van der Waals surface area contributed by atoms with Crippen LogP contribution in [0.3, 0.4) is 0 Å². The van der Waals surface area contributed by atoms with Crippen LogP contribution in [-0.4, -0.2) is 16.0 Å². The normalized spacial score (nSPS) is 11.9. The Hall–Kier alpha value is -2.45. The number of halogens is 4. The van der Waals surface area contributed by atoms with Crippen molar-refractivity contribution >= 4 is 29.6 Å². The van der Waals surface area contributed by atoms with Crippen LogP contribution in [0.1, 0.15) is 22.4 Å². The zero-order valence-corrected chi connectivity index (χ0v) is 16.9. The first-order chi connectivity index (χ1) is 13.9. The van der Waals surface area contributed by atoms with Gasteiger partial charge in [-0.3, -0.25) is 4.68 Å². The number of hydrogen-bond acceptors (Lipinski definition) is 4. The van der Waals surface area contributed by atoms with E-state index in [1.54, 1.807) is 12.1 Å². The van der Waals surface area contributed by atoms with Gasteiger partial charge in [-0.25, -0.2) is 0 Å². The minimum Gasteiger partial charge on any atom is -0.391 e. The first kappa shape index (κ1) is 21.3. The predicted molar refractivity (Wildman–Crippen MR) is 108 cm³/mol. The highest BCUT2D eigenvalue weighted by molar-refractivity contribution is 7.98. The molecule has 152 valence electrons. The van der Waals surface area contributed by atoms with Crippen LogP contribution in [0.15, 0.2) is 64.8 Å². The van der Waals surface area contributed by atoms with Gasteiger partial charge >= 0.3 is 6.18 Å². The van der Waals surface area contributed by atoms with Crippen LogP contribution in [0.25, 0.3) is 0 Å². The molecule has 0 aliphatic rings. The quantitative estimate of drug-likeness (QED) is 0.260. The Labute approximate surface area is 175 Å². The highest BCUT2D eigenvalue weighted by atomic mass is 35.5. The molecular formula is C20H17ClF3N3OS. The van der Waals surface area contributed by atoms with Gasteiger partial charge < -0.3 is 4.84 Å². The molecule has 0 N–H and O–H groups in total. The standard InChI is InChI=1S/C20H17ClF3N3OS/c1-27-19(29-13-15-9-5-6-10-17(15)21)16(18(26-27)20(22,23)24)11-25-28-12-14-7-3-2-4-8-14/h2-11H,12-13H2,1H3/b25-11+. The largest absolute Gasteiger partial charge is 0.435 e. The maximum absolute atomic E-state index is 13.4. The fourth-order valence-corrected chi connectivity index (χ4v) is 3.92. The number of alkyl halides is 3. The Morgan fingerprint density at radius 1 is 1.14 bits per heavy atom. The lowest BCUT2D eigenvalue weighted by Gasteiger charge is -2.06. The Kier molecular flexibility index (Phi) is 6.87. The van der Waals surface area contributed by atoms with Crippen molar-refractivity contribution in [3.63, 3.8) is 0 Å². The van der Waals surface area contributed by atoms with Gasteiger partial charge in [0.25, 0.3) is 0 Å². The van der Waals surface area contributed by atoms with E-state index in [1.807, 2.05) is 42.5 Å². The molecule has 0 radical (unpaired) electrons. The molecule has 4 nitrogen and oxygen atoms in total. The van der Waals surface area contributed by atoms with Gasteiger partial charge in [-0.1, -0.05) is 65.3 Å². The average molecular weight is 440 g/mol. The van der Waals surface area contributed by atoms with Gasteiger partial charge in [0.15, 0.2) is 5.69 Å². The molecule has 0 bridgehead atoms. The fourth-order valence-electron chi connectivity index (χ4n) is 2.56. The van der Waals surface area contributed by atoms with Gasteiger partial charge in [0.1, 0.15) is 11.6 Å². The van der Waals surface area contributed by atoms with Crippen molar-refractivity contribution in [2.45, 2.75) is 23.6 Å². The van der Waals surface area contributed by atoms with Crippen LogP contribution in [0.5, 0.6) is 0 Å². The van der Waals surface area contributed by atoms with Crippen LogP contribution in [0.4, 0.5) is 13.2 Å². The Bertz CT molecular complexity index is 990. The molecular weight excluding hydrogens is 423 g/mol. The highest BCUT2D eigenvalue weighted by Gasteiger charge is 2.38. The third-order valence-corrected chi connectivity index (χ3v) is 5.53. The molecule has 0 spiro atoms. The minimum atomic E-state index is -4.61. The Balaban J connectivity index is 1.81. The molecule has 0 amide bonds. The summed E-state index contributed by atoms with van der Waals surface area (Å²) in [5.41, 5.74) is 0.538. The van der Waals surface area contributed by atoms with Crippen LogP contribution >= 0.6 is 23.4 Å². The second kappa shape index (κ2) is 9.37. The number of hydrogen-bond donors (Lipinski definition) is 0. The Morgan fingerprint density at radius 3 is 2.52 bits per heavy atom. The molecule has 3 aromatic rings. The van der Waals surface area contributed by atoms with E-state index < -0.39 is 11.9 Å². The second-order valence-corrected chi connectivity index (χ2v) is 7.43. The molecule has 1 aromatic heterocycles. The summed E-state index contributed by atoms with van der Waals surface area (Å²) in [6.07, 6.45) is -3.55. The Morgan fingerprint density at radius 2 is 1.83 bits per heavy atom. The zero-order chi connectivity index (χ0) is 20.9. The monoisotopic (exact) mass is 439 g/mol. The average Bonchev–Trinajstić information content (AvgIpc) is 3.01. The molecule has 0 saturated carbocycles. The number of rotatable bonds is 7. The van der Waals surface area contributed by atoms with E-state index in [0.29, 0.717) is 15.8 Å². The lowest BCUT2D eigenvalue weighted by molar-refractivity contribution is -0.141. The van der Waals surface area contributed by atoms with Gasteiger partial charge in [-0.15, -0.1) is 11.8 Å². The molecule has 3 rings (SSSR count). The van der Waals surface area contributed by atoms with Crippen molar-refractivity contribution in [2.75, 3.05) is 0 Å². The van der Waals surface area contributed by atoms with Crippen molar-refractivity contribution in [1.82, 2.24) is 9.78 Å². The summed E-state index contributed by atoms with van der Waals surface area (Å²) < 4.78 is 41.5. The van der Waals surface area contributed by atoms with E-state index in [4.69, 9.17) is 16.4 Å². The minimum absolute atomic E-state index is 0.134. The topological polar surface area (TPSA) is 39.4 Å². The van der Waals surface area contributed by atoms with Gasteiger partial charge in [0, 0.05) is 17.8 Å². The summed E-state index contributed by atoms with van der Waals surface area (Å²) in [7, 11) is 1.46. The number of oxime groups is 1. The second-order valence-electron chi connectivity index (χ2n) is 6.06. The maximum Gasteiger partial charge on any atom is 0.435 e. The van der Waals surface area contributed by atoms with Crippen molar-refractivity contribution in [2.24, 2.45) is 12.2 Å². The molecule has 1 heterocycles. The first-order valence-corrected chi connectivity index (χ1v) is 9.92. The van der Waals surface area contributed by atoms with E-state index in [9.17, 15) is 13.2 Å². The van der Waals surface area contributed by atoms with E-state index in [0.717, 1.165) is 17.3 Å². The molecule has 9 heteroatoms. The molecule has 0 unspecified atom stereocenters. The number of thioether (sulfide) groups is 1. The molecule has 2 aromatic carbocycles. The van der Waals surface area contributed by atoms with Crippen molar-refractivity contribution in [3.05, 3.63) is 82.0 Å². The summed E-state index contributed by atoms with van der Waals surface area (Å²) in [5, 5.41) is 8.26. The lowest BCUT2D eigenvalue weighted by atomic mass is 10.2. The third-order valence-electron chi connectivity index (χ3n) is 3.95. The van der Waals surface area contributed by atoms with E-state index in [1.165, 1.54) is 23.5 Å². The molecule has 0 aliphatic carbocycles.